The highest BCUT2D eigenvalue weighted by molar-refractivity contribution is 5.65. The lowest BCUT2D eigenvalue weighted by Crippen LogP contribution is -2.44. The summed E-state index contributed by atoms with van der Waals surface area (Å²) >= 11 is 0. The highest BCUT2D eigenvalue weighted by Crippen LogP contribution is 2.27. The summed E-state index contributed by atoms with van der Waals surface area (Å²) in [6, 6.07) is 5.48. The number of aryl methyl sites for hydroxylation is 1. The predicted molar refractivity (Wildman–Crippen MR) is 118 cm³/mol. The Bertz CT molecular complexity index is 1020. The smallest absolute Gasteiger partial charge is 0.227 e. The van der Waals surface area contributed by atoms with E-state index in [4.69, 9.17) is 0 Å². The van der Waals surface area contributed by atoms with Gasteiger partial charge in [-0.25, -0.2) is 14.4 Å². The predicted octanol–water partition coefficient (Wildman–Crippen LogP) is 3.86. The minimum absolute atomic E-state index is 0.241. The zero-order valence-electron chi connectivity index (χ0n) is 17.9. The average Bonchev–Trinajstić information content (AvgIpc) is 3.21. The highest BCUT2D eigenvalue weighted by Gasteiger charge is 2.18. The van der Waals surface area contributed by atoms with Gasteiger partial charge >= 0.3 is 0 Å². The third-order valence-electron chi connectivity index (χ3n) is 5.42. The van der Waals surface area contributed by atoms with E-state index in [9.17, 15) is 4.39 Å². The van der Waals surface area contributed by atoms with Gasteiger partial charge in [0.05, 0.1) is 17.6 Å². The molecule has 1 aliphatic rings. The fourth-order valence-corrected chi connectivity index (χ4v) is 3.55. The van der Waals surface area contributed by atoms with Crippen molar-refractivity contribution in [1.82, 2.24) is 24.6 Å². The Balaban J connectivity index is 1.53. The van der Waals surface area contributed by atoms with Crippen LogP contribution in [0.3, 0.4) is 0 Å². The first-order chi connectivity index (χ1) is 14.4. The summed E-state index contributed by atoms with van der Waals surface area (Å²) < 4.78 is 16.7. The standard InChI is InChI=1S/C22H28FN7/c1-15(2)30-14-17(13-25-30)21-16(3)12-24-22(27-21)26-18-5-6-20(19(23)11-18)29-9-7-28(4)8-10-29/h5-6,11-15H,7-10H2,1-4H3,(H,24,26,27). The monoisotopic (exact) mass is 409 g/mol. The van der Waals surface area contributed by atoms with Gasteiger partial charge in [0.2, 0.25) is 5.95 Å². The number of piperazine rings is 1. The molecule has 0 aliphatic carbocycles. The summed E-state index contributed by atoms with van der Waals surface area (Å²) in [7, 11) is 2.09. The van der Waals surface area contributed by atoms with Gasteiger partial charge in [0, 0.05) is 55.9 Å². The molecule has 0 bridgehead atoms. The molecule has 2 aromatic heterocycles. The van der Waals surface area contributed by atoms with Crippen LogP contribution >= 0.6 is 0 Å². The molecule has 0 spiro atoms. The van der Waals surface area contributed by atoms with E-state index in [1.54, 1.807) is 6.20 Å². The van der Waals surface area contributed by atoms with Crippen molar-refractivity contribution >= 4 is 17.3 Å². The third-order valence-corrected chi connectivity index (χ3v) is 5.42. The maximum atomic E-state index is 14.8. The molecule has 158 valence electrons. The molecule has 4 rings (SSSR count). The summed E-state index contributed by atoms with van der Waals surface area (Å²) in [5, 5.41) is 7.53. The zero-order chi connectivity index (χ0) is 21.3. The molecule has 1 aliphatic heterocycles. The van der Waals surface area contributed by atoms with E-state index >= 15 is 0 Å². The van der Waals surface area contributed by atoms with Gasteiger partial charge in [-0.3, -0.25) is 4.68 Å². The summed E-state index contributed by atoms with van der Waals surface area (Å²) in [5.41, 5.74) is 3.97. The van der Waals surface area contributed by atoms with E-state index in [0.29, 0.717) is 17.3 Å². The van der Waals surface area contributed by atoms with E-state index in [-0.39, 0.29) is 11.9 Å². The molecule has 3 heterocycles. The molecule has 0 amide bonds. The Kier molecular flexibility index (Phi) is 5.67. The molecule has 8 heteroatoms. The quantitative estimate of drug-likeness (QED) is 0.690. The normalized spacial score (nSPS) is 15.1. The van der Waals surface area contributed by atoms with Crippen molar-refractivity contribution < 1.29 is 4.39 Å². The maximum absolute atomic E-state index is 14.8. The van der Waals surface area contributed by atoms with E-state index in [2.05, 4.69) is 51.1 Å². The number of aromatic nitrogens is 4. The van der Waals surface area contributed by atoms with Gasteiger partial charge in [-0.15, -0.1) is 0 Å². The first-order valence-corrected chi connectivity index (χ1v) is 10.3. The van der Waals surface area contributed by atoms with Gasteiger partial charge in [-0.05, 0) is 51.6 Å². The number of benzene rings is 1. The fourth-order valence-electron chi connectivity index (χ4n) is 3.55. The molecule has 0 unspecified atom stereocenters. The van der Waals surface area contributed by atoms with Crippen LogP contribution in [0.4, 0.5) is 21.7 Å². The van der Waals surface area contributed by atoms with Crippen molar-refractivity contribution in [3.63, 3.8) is 0 Å². The van der Waals surface area contributed by atoms with Crippen LogP contribution in [0.15, 0.2) is 36.8 Å². The number of hydrogen-bond donors (Lipinski definition) is 1. The first-order valence-electron chi connectivity index (χ1n) is 10.3. The van der Waals surface area contributed by atoms with E-state index in [1.165, 1.54) is 6.07 Å². The Morgan fingerprint density at radius 1 is 1.10 bits per heavy atom. The highest BCUT2D eigenvalue weighted by atomic mass is 19.1. The van der Waals surface area contributed by atoms with Crippen LogP contribution in [0, 0.1) is 12.7 Å². The van der Waals surface area contributed by atoms with Crippen LogP contribution in [-0.2, 0) is 0 Å². The van der Waals surface area contributed by atoms with Crippen LogP contribution in [0.25, 0.3) is 11.3 Å². The van der Waals surface area contributed by atoms with Crippen molar-refractivity contribution in [2.24, 2.45) is 0 Å². The van der Waals surface area contributed by atoms with E-state index in [0.717, 1.165) is 43.0 Å². The van der Waals surface area contributed by atoms with Gasteiger partial charge < -0.3 is 15.1 Å². The van der Waals surface area contributed by atoms with Crippen molar-refractivity contribution in [3.8, 4) is 11.3 Å². The molecule has 1 fully saturated rings. The first kappa shape index (κ1) is 20.3. The lowest BCUT2D eigenvalue weighted by atomic mass is 10.1. The third kappa shape index (κ3) is 4.28. The Hall–Kier alpha value is -3.00. The number of nitrogens with one attached hydrogen (secondary N) is 1. The lowest BCUT2D eigenvalue weighted by molar-refractivity contribution is 0.311. The Morgan fingerprint density at radius 2 is 1.87 bits per heavy atom. The second-order valence-corrected chi connectivity index (χ2v) is 8.11. The van der Waals surface area contributed by atoms with E-state index in [1.807, 2.05) is 36.1 Å². The molecule has 3 aromatic rings. The second kappa shape index (κ2) is 8.39. The number of hydrogen-bond acceptors (Lipinski definition) is 6. The summed E-state index contributed by atoms with van der Waals surface area (Å²) in [5.74, 6) is 0.190. The molecule has 1 saturated heterocycles. The van der Waals surface area contributed by atoms with Crippen molar-refractivity contribution in [1.29, 1.82) is 0 Å². The fraction of sp³-hybridized carbons (Fsp3) is 0.409. The average molecular weight is 410 g/mol. The van der Waals surface area contributed by atoms with Crippen LogP contribution in [-0.4, -0.2) is 57.9 Å². The minimum Gasteiger partial charge on any atom is -0.367 e. The lowest BCUT2D eigenvalue weighted by Gasteiger charge is -2.34. The molecule has 0 radical (unpaired) electrons. The molecule has 0 saturated carbocycles. The largest absolute Gasteiger partial charge is 0.367 e. The molecule has 0 atom stereocenters. The van der Waals surface area contributed by atoms with Crippen LogP contribution in [0.1, 0.15) is 25.5 Å². The van der Waals surface area contributed by atoms with Gasteiger partial charge in [0.25, 0.3) is 0 Å². The number of rotatable bonds is 5. The van der Waals surface area contributed by atoms with E-state index < -0.39 is 0 Å². The van der Waals surface area contributed by atoms with Crippen LogP contribution in [0.2, 0.25) is 0 Å². The molecule has 1 aromatic carbocycles. The summed E-state index contributed by atoms with van der Waals surface area (Å²) in [6.45, 7) is 9.66. The minimum atomic E-state index is -0.241. The van der Waals surface area contributed by atoms with Gasteiger partial charge in [0.15, 0.2) is 0 Å². The van der Waals surface area contributed by atoms with Crippen molar-refractivity contribution in [2.75, 3.05) is 43.4 Å². The molecule has 7 nitrogen and oxygen atoms in total. The van der Waals surface area contributed by atoms with Crippen molar-refractivity contribution in [2.45, 2.75) is 26.8 Å². The number of likely N-dealkylation sites (N-methyl/N-ethyl adjacent to an activating group) is 1. The summed E-state index contributed by atoms with van der Waals surface area (Å²) in [6.07, 6.45) is 5.56. The van der Waals surface area contributed by atoms with Gasteiger partial charge in [-0.2, -0.15) is 5.10 Å². The zero-order valence-corrected chi connectivity index (χ0v) is 17.9. The maximum Gasteiger partial charge on any atom is 0.227 e. The summed E-state index contributed by atoms with van der Waals surface area (Å²) in [4.78, 5) is 13.4. The van der Waals surface area contributed by atoms with Crippen LogP contribution < -0.4 is 10.2 Å². The number of nitrogens with zero attached hydrogens (tertiary/aromatic N) is 6. The molecular weight excluding hydrogens is 381 g/mol. The Morgan fingerprint density at radius 3 is 2.53 bits per heavy atom. The molecular formula is C22H28FN7. The van der Waals surface area contributed by atoms with Crippen LogP contribution in [0.5, 0.6) is 0 Å². The Labute approximate surface area is 176 Å². The number of halogens is 1. The molecule has 30 heavy (non-hydrogen) atoms. The SMILES string of the molecule is Cc1cnc(Nc2ccc(N3CCN(C)CC3)c(F)c2)nc1-c1cnn(C(C)C)c1. The topological polar surface area (TPSA) is 62.1 Å². The van der Waals surface area contributed by atoms with Crippen molar-refractivity contribution in [3.05, 3.63) is 48.2 Å². The van der Waals surface area contributed by atoms with Gasteiger partial charge in [0.1, 0.15) is 5.82 Å². The number of anilines is 3. The van der Waals surface area contributed by atoms with Gasteiger partial charge in [-0.1, -0.05) is 0 Å². The molecule has 1 N–H and O–H groups in total. The second-order valence-electron chi connectivity index (χ2n) is 8.11.